The number of Topliss-reactive ketones (excluding diaryl/α,β-unsaturated/α-hetero) is 1. The number of halogens is 1. The molecule has 0 aliphatic carbocycles. The molecule has 5 nitrogen and oxygen atoms in total. The van der Waals surface area contributed by atoms with E-state index < -0.39 is 5.25 Å². The predicted octanol–water partition coefficient (Wildman–Crippen LogP) is 4.06. The lowest BCUT2D eigenvalue weighted by atomic mass is 10.1. The number of nitrogens with zero attached hydrogens (tertiary/aromatic N) is 2. The third-order valence-electron chi connectivity index (χ3n) is 4.11. The maximum atomic E-state index is 12.9. The number of ether oxygens (including phenoxy) is 1. The highest BCUT2D eigenvalue weighted by atomic mass is 35.5. The van der Waals surface area contributed by atoms with Gasteiger partial charge >= 0.3 is 0 Å². The van der Waals surface area contributed by atoms with Crippen LogP contribution in [0.15, 0.2) is 58.5 Å². The molecule has 2 aromatic carbocycles. The van der Waals surface area contributed by atoms with E-state index >= 15 is 0 Å². The Labute approximate surface area is 166 Å². The van der Waals surface area contributed by atoms with Gasteiger partial charge in [-0.1, -0.05) is 53.7 Å². The molecule has 7 heteroatoms. The van der Waals surface area contributed by atoms with Crippen LogP contribution in [-0.2, 0) is 11.3 Å². The van der Waals surface area contributed by atoms with Crippen molar-refractivity contribution < 1.29 is 9.53 Å². The number of hydrogen-bond acceptors (Lipinski definition) is 5. The molecule has 1 unspecified atom stereocenters. The van der Waals surface area contributed by atoms with Gasteiger partial charge in [0.1, 0.15) is 0 Å². The monoisotopic (exact) mass is 402 g/mol. The zero-order valence-corrected chi connectivity index (χ0v) is 16.6. The first kappa shape index (κ1) is 19.6. The van der Waals surface area contributed by atoms with Crippen LogP contribution in [0.1, 0.15) is 17.3 Å². The van der Waals surface area contributed by atoms with Crippen LogP contribution in [-0.4, -0.2) is 34.3 Å². The summed E-state index contributed by atoms with van der Waals surface area (Å²) >= 11 is 7.32. The molecule has 1 aromatic heterocycles. The minimum absolute atomic E-state index is 0.0145. The molecule has 27 heavy (non-hydrogen) atoms. The molecule has 140 valence electrons. The molecule has 0 radical (unpaired) electrons. The van der Waals surface area contributed by atoms with E-state index in [1.54, 1.807) is 42.0 Å². The molecule has 0 bridgehead atoms. The quantitative estimate of drug-likeness (QED) is 0.339. The van der Waals surface area contributed by atoms with Crippen LogP contribution >= 0.6 is 23.4 Å². The molecule has 0 amide bonds. The largest absolute Gasteiger partial charge is 0.383 e. The second kappa shape index (κ2) is 8.69. The van der Waals surface area contributed by atoms with E-state index in [9.17, 15) is 9.59 Å². The molecule has 0 fully saturated rings. The number of hydrogen-bond donors (Lipinski definition) is 0. The second-order valence-electron chi connectivity index (χ2n) is 6.00. The van der Waals surface area contributed by atoms with Crippen molar-refractivity contribution in [3.05, 3.63) is 69.5 Å². The molecule has 1 atom stereocenters. The summed E-state index contributed by atoms with van der Waals surface area (Å²) in [5.74, 6) is -0.0145. The van der Waals surface area contributed by atoms with Crippen LogP contribution in [0.3, 0.4) is 0 Å². The van der Waals surface area contributed by atoms with E-state index in [0.717, 1.165) is 0 Å². The Hall–Kier alpha value is -2.15. The summed E-state index contributed by atoms with van der Waals surface area (Å²) < 4.78 is 6.68. The molecule has 0 N–H and O–H groups in total. The fourth-order valence-electron chi connectivity index (χ4n) is 2.69. The number of carbonyl (C=O) groups is 1. The van der Waals surface area contributed by atoms with Crippen LogP contribution in [0.2, 0.25) is 5.02 Å². The SMILES string of the molecule is COCCn1c(SC(C)C(=O)c2ccccc2)nc2cc(Cl)ccc2c1=O. The third kappa shape index (κ3) is 4.40. The Morgan fingerprint density at radius 1 is 1.26 bits per heavy atom. The fourth-order valence-corrected chi connectivity index (χ4v) is 3.87. The van der Waals surface area contributed by atoms with Crippen molar-refractivity contribution in [1.29, 1.82) is 0 Å². The van der Waals surface area contributed by atoms with E-state index in [2.05, 4.69) is 4.98 Å². The van der Waals surface area contributed by atoms with E-state index in [4.69, 9.17) is 16.3 Å². The Kier molecular flexibility index (Phi) is 6.31. The van der Waals surface area contributed by atoms with Crippen molar-refractivity contribution in [1.82, 2.24) is 9.55 Å². The standard InChI is InChI=1S/C20H19ClN2O3S/c1-13(18(24)14-6-4-3-5-7-14)27-20-22-17-12-15(21)8-9-16(17)19(25)23(20)10-11-26-2/h3-9,12-13H,10-11H2,1-2H3. The average Bonchev–Trinajstić information content (AvgIpc) is 2.67. The molecular formula is C20H19ClN2O3S. The number of benzene rings is 2. The zero-order chi connectivity index (χ0) is 19.4. The number of methoxy groups -OCH3 is 1. The topological polar surface area (TPSA) is 61.2 Å². The van der Waals surface area contributed by atoms with Gasteiger partial charge in [0.25, 0.3) is 5.56 Å². The van der Waals surface area contributed by atoms with Gasteiger partial charge in [-0.2, -0.15) is 0 Å². The Morgan fingerprint density at radius 3 is 2.70 bits per heavy atom. The van der Waals surface area contributed by atoms with Crippen molar-refractivity contribution in [3.63, 3.8) is 0 Å². The molecule has 3 rings (SSSR count). The molecule has 0 saturated heterocycles. The lowest BCUT2D eigenvalue weighted by Crippen LogP contribution is -2.26. The molecule has 1 heterocycles. The zero-order valence-electron chi connectivity index (χ0n) is 15.0. The van der Waals surface area contributed by atoms with E-state index in [0.29, 0.717) is 39.8 Å². The van der Waals surface area contributed by atoms with Gasteiger partial charge in [0.05, 0.1) is 29.3 Å². The van der Waals surface area contributed by atoms with Crippen molar-refractivity contribution in [2.75, 3.05) is 13.7 Å². The van der Waals surface area contributed by atoms with Gasteiger partial charge in [-0.15, -0.1) is 0 Å². The Balaban J connectivity index is 2.00. The minimum atomic E-state index is -0.398. The Bertz CT molecular complexity index is 1020. The van der Waals surface area contributed by atoms with Crippen LogP contribution < -0.4 is 5.56 Å². The summed E-state index contributed by atoms with van der Waals surface area (Å²) in [4.78, 5) is 30.2. The number of carbonyl (C=O) groups excluding carboxylic acids is 1. The van der Waals surface area contributed by atoms with Gasteiger partial charge in [-0.05, 0) is 25.1 Å². The number of thioether (sulfide) groups is 1. The van der Waals surface area contributed by atoms with Crippen molar-refractivity contribution in [2.45, 2.75) is 23.9 Å². The lowest BCUT2D eigenvalue weighted by molar-refractivity contribution is 0.0994. The number of fused-ring (bicyclic) bond motifs is 1. The normalized spacial score (nSPS) is 12.3. The van der Waals surface area contributed by atoms with E-state index in [1.165, 1.54) is 11.8 Å². The maximum Gasteiger partial charge on any atom is 0.262 e. The number of aromatic nitrogens is 2. The molecule has 0 aliphatic rings. The highest BCUT2D eigenvalue weighted by molar-refractivity contribution is 8.00. The van der Waals surface area contributed by atoms with Gasteiger partial charge in [0, 0.05) is 17.7 Å². The van der Waals surface area contributed by atoms with E-state index in [-0.39, 0.29) is 11.3 Å². The van der Waals surface area contributed by atoms with Crippen LogP contribution in [0.4, 0.5) is 0 Å². The summed E-state index contributed by atoms with van der Waals surface area (Å²) in [7, 11) is 1.58. The van der Waals surface area contributed by atoms with Crippen molar-refractivity contribution in [2.24, 2.45) is 0 Å². The van der Waals surface area contributed by atoms with Crippen LogP contribution in [0.25, 0.3) is 10.9 Å². The smallest absolute Gasteiger partial charge is 0.262 e. The first-order chi connectivity index (χ1) is 13.0. The van der Waals surface area contributed by atoms with Gasteiger partial charge in [0.15, 0.2) is 10.9 Å². The number of rotatable bonds is 7. The van der Waals surface area contributed by atoms with Crippen molar-refractivity contribution >= 4 is 40.0 Å². The van der Waals surface area contributed by atoms with Gasteiger partial charge in [-0.3, -0.25) is 14.2 Å². The third-order valence-corrected chi connectivity index (χ3v) is 5.44. The van der Waals surface area contributed by atoms with Gasteiger partial charge in [-0.25, -0.2) is 4.98 Å². The lowest BCUT2D eigenvalue weighted by Gasteiger charge is -2.16. The summed E-state index contributed by atoms with van der Waals surface area (Å²) in [6.45, 7) is 2.54. The number of ketones is 1. The first-order valence-corrected chi connectivity index (χ1v) is 9.72. The molecule has 3 aromatic rings. The summed E-state index contributed by atoms with van der Waals surface area (Å²) in [5, 5.41) is 1.07. The Morgan fingerprint density at radius 2 is 2.00 bits per heavy atom. The summed E-state index contributed by atoms with van der Waals surface area (Å²) in [6.07, 6.45) is 0. The van der Waals surface area contributed by atoms with Crippen LogP contribution in [0, 0.1) is 0 Å². The summed E-state index contributed by atoms with van der Waals surface area (Å²) in [6, 6.07) is 14.1. The predicted molar refractivity (Wildman–Crippen MR) is 109 cm³/mol. The highest BCUT2D eigenvalue weighted by Crippen LogP contribution is 2.26. The maximum absolute atomic E-state index is 12.9. The van der Waals surface area contributed by atoms with Gasteiger partial charge in [0.2, 0.25) is 0 Å². The van der Waals surface area contributed by atoms with Crippen molar-refractivity contribution in [3.8, 4) is 0 Å². The highest BCUT2D eigenvalue weighted by Gasteiger charge is 2.20. The van der Waals surface area contributed by atoms with E-state index in [1.807, 2.05) is 25.1 Å². The van der Waals surface area contributed by atoms with Crippen LogP contribution in [0.5, 0.6) is 0 Å². The molecule has 0 aliphatic heterocycles. The second-order valence-corrected chi connectivity index (χ2v) is 7.74. The first-order valence-electron chi connectivity index (χ1n) is 8.46. The summed E-state index contributed by atoms with van der Waals surface area (Å²) in [5.41, 5.74) is 0.978. The van der Waals surface area contributed by atoms with Gasteiger partial charge < -0.3 is 4.74 Å². The molecule has 0 spiro atoms. The minimum Gasteiger partial charge on any atom is -0.383 e. The average molecular weight is 403 g/mol. The molecular weight excluding hydrogens is 384 g/mol. The molecule has 0 saturated carbocycles. The fraction of sp³-hybridized carbons (Fsp3) is 0.250.